The maximum absolute atomic E-state index is 3.60. The van der Waals surface area contributed by atoms with Crippen molar-refractivity contribution in [2.45, 2.75) is 66.7 Å². The van der Waals surface area contributed by atoms with Crippen LogP contribution in [0.5, 0.6) is 0 Å². The molecule has 0 radical (unpaired) electrons. The van der Waals surface area contributed by atoms with Gasteiger partial charge in [0.15, 0.2) is 0 Å². The number of nitrogens with one attached hydrogen (secondary N) is 1. The van der Waals surface area contributed by atoms with Crippen LogP contribution in [0.15, 0.2) is 0 Å². The Balaban J connectivity index is 3.46. The molecule has 1 nitrogen and oxygen atoms in total. The lowest BCUT2D eigenvalue weighted by atomic mass is 9.92. The Morgan fingerprint density at radius 2 is 1.80 bits per heavy atom. The fraction of sp³-hybridized carbons (Fsp3) is 1.00. The lowest BCUT2D eigenvalue weighted by Crippen LogP contribution is -2.26. The number of hydrogen-bond donors (Lipinski definition) is 1. The molecule has 0 rings (SSSR count). The molecule has 0 fully saturated rings. The van der Waals surface area contributed by atoms with E-state index < -0.39 is 0 Å². The van der Waals surface area contributed by atoms with Crippen LogP contribution in [0, 0.1) is 11.3 Å². The number of unbranched alkanes of at least 4 members (excludes halogenated alkanes) is 1. The van der Waals surface area contributed by atoms with Gasteiger partial charge in [0.1, 0.15) is 0 Å². The van der Waals surface area contributed by atoms with Crippen molar-refractivity contribution in [3.63, 3.8) is 0 Å². The molecule has 0 aromatic carbocycles. The SMILES string of the molecule is CCCCC(CC)CNCCC(C)(C)C. The second-order valence-electron chi connectivity index (χ2n) is 5.93. The standard InChI is InChI=1S/C14H31N/c1-6-8-9-13(7-2)12-15-11-10-14(3,4)5/h13,15H,6-12H2,1-5H3. The summed E-state index contributed by atoms with van der Waals surface area (Å²) in [4.78, 5) is 0. The number of hydrogen-bond acceptors (Lipinski definition) is 1. The zero-order valence-corrected chi connectivity index (χ0v) is 11.5. The first kappa shape index (κ1) is 15.0. The van der Waals surface area contributed by atoms with Gasteiger partial charge in [-0.05, 0) is 37.3 Å². The highest BCUT2D eigenvalue weighted by Crippen LogP contribution is 2.17. The molecule has 92 valence electrons. The van der Waals surface area contributed by atoms with Crippen molar-refractivity contribution >= 4 is 0 Å². The summed E-state index contributed by atoms with van der Waals surface area (Å²) in [6.07, 6.45) is 6.72. The summed E-state index contributed by atoms with van der Waals surface area (Å²) < 4.78 is 0. The van der Waals surface area contributed by atoms with Crippen molar-refractivity contribution in [2.75, 3.05) is 13.1 Å². The van der Waals surface area contributed by atoms with Crippen LogP contribution in [0.3, 0.4) is 0 Å². The van der Waals surface area contributed by atoms with Crippen molar-refractivity contribution < 1.29 is 0 Å². The van der Waals surface area contributed by atoms with E-state index >= 15 is 0 Å². The van der Waals surface area contributed by atoms with E-state index in [1.165, 1.54) is 45.2 Å². The monoisotopic (exact) mass is 213 g/mol. The van der Waals surface area contributed by atoms with Crippen LogP contribution in [-0.2, 0) is 0 Å². The molecule has 0 aliphatic heterocycles. The third-order valence-corrected chi connectivity index (χ3v) is 3.03. The Bertz CT molecular complexity index is 135. The largest absolute Gasteiger partial charge is 0.316 e. The van der Waals surface area contributed by atoms with Gasteiger partial charge in [-0.1, -0.05) is 53.9 Å². The summed E-state index contributed by atoms with van der Waals surface area (Å²) >= 11 is 0. The Morgan fingerprint density at radius 1 is 1.13 bits per heavy atom. The first-order valence-electron chi connectivity index (χ1n) is 6.70. The molecule has 15 heavy (non-hydrogen) atoms. The fourth-order valence-corrected chi connectivity index (χ4v) is 1.71. The zero-order chi connectivity index (χ0) is 11.7. The van der Waals surface area contributed by atoms with E-state index in [1.54, 1.807) is 0 Å². The first-order valence-corrected chi connectivity index (χ1v) is 6.70. The van der Waals surface area contributed by atoms with Gasteiger partial charge in [-0.3, -0.25) is 0 Å². The normalized spacial score (nSPS) is 14.2. The molecule has 1 heteroatoms. The second-order valence-corrected chi connectivity index (χ2v) is 5.93. The maximum atomic E-state index is 3.60. The Labute approximate surface area is 97.0 Å². The molecule has 1 atom stereocenters. The van der Waals surface area contributed by atoms with Crippen molar-refractivity contribution in [3.8, 4) is 0 Å². The number of rotatable bonds is 8. The van der Waals surface area contributed by atoms with Gasteiger partial charge in [-0.15, -0.1) is 0 Å². The van der Waals surface area contributed by atoms with E-state index in [1.807, 2.05) is 0 Å². The van der Waals surface area contributed by atoms with Gasteiger partial charge >= 0.3 is 0 Å². The molecule has 1 unspecified atom stereocenters. The van der Waals surface area contributed by atoms with Crippen molar-refractivity contribution in [2.24, 2.45) is 11.3 Å². The molecule has 1 N–H and O–H groups in total. The first-order chi connectivity index (χ1) is 6.99. The van der Waals surface area contributed by atoms with Gasteiger partial charge in [0.05, 0.1) is 0 Å². The lowest BCUT2D eigenvalue weighted by molar-refractivity contribution is 0.349. The summed E-state index contributed by atoms with van der Waals surface area (Å²) in [7, 11) is 0. The summed E-state index contributed by atoms with van der Waals surface area (Å²) in [5.74, 6) is 0.893. The highest BCUT2D eigenvalue weighted by atomic mass is 14.9. The summed E-state index contributed by atoms with van der Waals surface area (Å²) in [5.41, 5.74) is 0.470. The molecule has 0 heterocycles. The van der Waals surface area contributed by atoms with Crippen molar-refractivity contribution in [3.05, 3.63) is 0 Å². The molecule has 0 saturated heterocycles. The minimum Gasteiger partial charge on any atom is -0.316 e. The third kappa shape index (κ3) is 10.2. The minimum atomic E-state index is 0.470. The third-order valence-electron chi connectivity index (χ3n) is 3.03. The van der Waals surface area contributed by atoms with Gasteiger partial charge in [0, 0.05) is 0 Å². The average molecular weight is 213 g/mol. The van der Waals surface area contributed by atoms with Crippen LogP contribution in [-0.4, -0.2) is 13.1 Å². The molecule has 0 bridgehead atoms. The lowest BCUT2D eigenvalue weighted by Gasteiger charge is -2.20. The van der Waals surface area contributed by atoms with Gasteiger partial charge < -0.3 is 5.32 Å². The van der Waals surface area contributed by atoms with Gasteiger partial charge in [0.2, 0.25) is 0 Å². The molecule has 0 aliphatic rings. The Morgan fingerprint density at radius 3 is 2.27 bits per heavy atom. The molecular formula is C14H31N. The van der Waals surface area contributed by atoms with Crippen LogP contribution in [0.2, 0.25) is 0 Å². The predicted molar refractivity (Wildman–Crippen MR) is 70.2 cm³/mol. The van der Waals surface area contributed by atoms with E-state index in [9.17, 15) is 0 Å². The molecule has 0 spiro atoms. The van der Waals surface area contributed by atoms with Crippen molar-refractivity contribution in [1.82, 2.24) is 5.32 Å². The molecule has 0 amide bonds. The molecular weight excluding hydrogens is 182 g/mol. The topological polar surface area (TPSA) is 12.0 Å². The summed E-state index contributed by atoms with van der Waals surface area (Å²) in [5, 5.41) is 3.60. The van der Waals surface area contributed by atoms with Gasteiger partial charge in [-0.2, -0.15) is 0 Å². The van der Waals surface area contributed by atoms with Crippen LogP contribution in [0.25, 0.3) is 0 Å². The average Bonchev–Trinajstić information content (AvgIpc) is 2.15. The minimum absolute atomic E-state index is 0.470. The highest BCUT2D eigenvalue weighted by Gasteiger charge is 2.10. The predicted octanol–water partition coefficient (Wildman–Crippen LogP) is 4.23. The van der Waals surface area contributed by atoms with E-state index in [4.69, 9.17) is 0 Å². The van der Waals surface area contributed by atoms with E-state index in [0.29, 0.717) is 5.41 Å². The molecule has 0 aromatic rings. The highest BCUT2D eigenvalue weighted by molar-refractivity contribution is 4.65. The van der Waals surface area contributed by atoms with Crippen molar-refractivity contribution in [1.29, 1.82) is 0 Å². The maximum Gasteiger partial charge on any atom is -0.00206 e. The second kappa shape index (κ2) is 8.15. The smallest absolute Gasteiger partial charge is 0.00206 e. The Kier molecular flexibility index (Phi) is 8.13. The summed E-state index contributed by atoms with van der Waals surface area (Å²) in [6, 6.07) is 0. The van der Waals surface area contributed by atoms with Crippen LogP contribution < -0.4 is 5.32 Å². The summed E-state index contributed by atoms with van der Waals surface area (Å²) in [6.45, 7) is 13.9. The van der Waals surface area contributed by atoms with Crippen LogP contribution >= 0.6 is 0 Å². The quantitative estimate of drug-likeness (QED) is 0.595. The van der Waals surface area contributed by atoms with E-state index in [2.05, 4.69) is 39.9 Å². The molecule has 0 saturated carbocycles. The van der Waals surface area contributed by atoms with E-state index in [0.717, 1.165) is 5.92 Å². The Hall–Kier alpha value is -0.0400. The zero-order valence-electron chi connectivity index (χ0n) is 11.5. The fourth-order valence-electron chi connectivity index (χ4n) is 1.71. The van der Waals surface area contributed by atoms with Crippen LogP contribution in [0.1, 0.15) is 66.7 Å². The van der Waals surface area contributed by atoms with Gasteiger partial charge in [-0.25, -0.2) is 0 Å². The molecule has 0 aliphatic carbocycles. The van der Waals surface area contributed by atoms with Crippen LogP contribution in [0.4, 0.5) is 0 Å². The van der Waals surface area contributed by atoms with Gasteiger partial charge in [0.25, 0.3) is 0 Å². The van der Waals surface area contributed by atoms with E-state index in [-0.39, 0.29) is 0 Å². The molecule has 0 aromatic heterocycles.